The number of benzene rings is 2. The molecule has 0 atom stereocenters. The third-order valence-electron chi connectivity index (χ3n) is 5.28. The monoisotopic (exact) mass is 337 g/mol. The van der Waals surface area contributed by atoms with Crippen molar-refractivity contribution >= 4 is 28.5 Å². The Morgan fingerprint density at radius 2 is 1.96 bits per heavy atom. The van der Waals surface area contributed by atoms with Crippen molar-refractivity contribution in [3.8, 4) is 0 Å². The Morgan fingerprint density at radius 3 is 2.79 bits per heavy atom. The third kappa shape index (κ3) is 2.08. The summed E-state index contributed by atoms with van der Waals surface area (Å²) in [6.45, 7) is 1.43. The molecule has 5 rings (SSSR count). The van der Waals surface area contributed by atoms with E-state index in [9.17, 15) is 4.79 Å². The molecule has 0 radical (unpaired) electrons. The molecule has 120 valence electrons. The molecule has 0 bridgehead atoms. The summed E-state index contributed by atoms with van der Waals surface area (Å²) in [7, 11) is 0. The van der Waals surface area contributed by atoms with E-state index < -0.39 is 0 Å². The maximum atomic E-state index is 13.0. The van der Waals surface area contributed by atoms with E-state index in [1.807, 2.05) is 29.2 Å². The zero-order valence-corrected chi connectivity index (χ0v) is 13.8. The first kappa shape index (κ1) is 14.1. The van der Waals surface area contributed by atoms with Gasteiger partial charge in [0.05, 0.1) is 0 Å². The van der Waals surface area contributed by atoms with Crippen LogP contribution in [0.2, 0.25) is 5.02 Å². The smallest absolute Gasteiger partial charge is 0.289 e. The first-order valence-electron chi connectivity index (χ1n) is 8.21. The number of carbonyl (C=O) groups excluding carboxylic acids is 1. The van der Waals surface area contributed by atoms with Gasteiger partial charge in [-0.1, -0.05) is 35.9 Å². The largest absolute Gasteiger partial charge is 0.451 e. The normalized spacial score (nSPS) is 18.0. The van der Waals surface area contributed by atoms with Gasteiger partial charge >= 0.3 is 0 Å². The molecule has 24 heavy (non-hydrogen) atoms. The molecule has 1 aliphatic heterocycles. The number of halogens is 1. The average Bonchev–Trinajstić information content (AvgIpc) is 3.22. The standard InChI is InChI=1S/C20H16ClNO2/c21-15-6-5-13-9-18(24-17(13)10-15)19(23)22-11-14-3-1-2-4-16(14)20(12-22)7-8-20/h1-6,9-10H,7-8,11-12H2. The molecule has 2 aliphatic rings. The molecule has 2 heterocycles. The van der Waals surface area contributed by atoms with E-state index in [0.29, 0.717) is 22.9 Å². The molecule has 1 spiro atoms. The van der Waals surface area contributed by atoms with Crippen LogP contribution in [0.4, 0.5) is 0 Å². The van der Waals surface area contributed by atoms with Crippen LogP contribution in [0, 0.1) is 0 Å². The average molecular weight is 338 g/mol. The van der Waals surface area contributed by atoms with E-state index in [1.165, 1.54) is 11.1 Å². The number of rotatable bonds is 1. The fourth-order valence-corrected chi connectivity index (χ4v) is 4.04. The summed E-state index contributed by atoms with van der Waals surface area (Å²) in [5.41, 5.74) is 3.50. The lowest BCUT2D eigenvalue weighted by Crippen LogP contribution is -2.41. The predicted octanol–water partition coefficient (Wildman–Crippen LogP) is 4.77. The van der Waals surface area contributed by atoms with Crippen LogP contribution >= 0.6 is 11.6 Å². The highest BCUT2D eigenvalue weighted by molar-refractivity contribution is 6.31. The van der Waals surface area contributed by atoms with Gasteiger partial charge in [0.1, 0.15) is 5.58 Å². The van der Waals surface area contributed by atoms with E-state index in [0.717, 1.165) is 24.8 Å². The van der Waals surface area contributed by atoms with Gasteiger partial charge in [-0.25, -0.2) is 0 Å². The molecular weight excluding hydrogens is 322 g/mol. The molecular formula is C20H16ClNO2. The van der Waals surface area contributed by atoms with Gasteiger partial charge in [-0.2, -0.15) is 0 Å². The van der Waals surface area contributed by atoms with Gasteiger partial charge in [-0.15, -0.1) is 0 Å². The number of hydrogen-bond acceptors (Lipinski definition) is 2. The zero-order valence-electron chi connectivity index (χ0n) is 13.1. The van der Waals surface area contributed by atoms with Gasteiger partial charge in [-0.3, -0.25) is 4.79 Å². The van der Waals surface area contributed by atoms with Crippen LogP contribution in [0.3, 0.4) is 0 Å². The van der Waals surface area contributed by atoms with Gasteiger partial charge in [0.25, 0.3) is 5.91 Å². The maximum absolute atomic E-state index is 13.0. The quantitative estimate of drug-likeness (QED) is 0.640. The lowest BCUT2D eigenvalue weighted by molar-refractivity contribution is 0.0679. The summed E-state index contributed by atoms with van der Waals surface area (Å²) in [6, 6.07) is 15.7. The second kappa shape index (κ2) is 4.87. The molecule has 1 amide bonds. The highest BCUT2D eigenvalue weighted by Gasteiger charge is 2.50. The van der Waals surface area contributed by atoms with E-state index in [1.54, 1.807) is 6.07 Å². The first-order valence-corrected chi connectivity index (χ1v) is 8.59. The number of hydrogen-bond donors (Lipinski definition) is 0. The Labute approximate surface area is 144 Å². The molecule has 3 aromatic rings. The Balaban J connectivity index is 1.51. The van der Waals surface area contributed by atoms with Gasteiger partial charge in [0.15, 0.2) is 5.76 Å². The van der Waals surface area contributed by atoms with Crippen LogP contribution in [-0.2, 0) is 12.0 Å². The molecule has 1 aliphatic carbocycles. The van der Waals surface area contributed by atoms with Crippen LogP contribution in [0.1, 0.15) is 34.5 Å². The summed E-state index contributed by atoms with van der Waals surface area (Å²) in [5, 5.41) is 1.51. The van der Waals surface area contributed by atoms with Crippen molar-refractivity contribution in [1.29, 1.82) is 0 Å². The number of carbonyl (C=O) groups is 1. The number of fused-ring (bicyclic) bond motifs is 3. The SMILES string of the molecule is O=C(c1cc2ccc(Cl)cc2o1)N1Cc2ccccc2C2(CC2)C1. The minimum absolute atomic E-state index is 0.0388. The van der Waals surface area contributed by atoms with Crippen LogP contribution in [0.25, 0.3) is 11.0 Å². The summed E-state index contributed by atoms with van der Waals surface area (Å²) >= 11 is 6.00. The summed E-state index contributed by atoms with van der Waals surface area (Å²) in [5.74, 6) is 0.352. The highest BCUT2D eigenvalue weighted by atomic mass is 35.5. The summed E-state index contributed by atoms with van der Waals surface area (Å²) < 4.78 is 5.76. The minimum atomic E-state index is -0.0388. The maximum Gasteiger partial charge on any atom is 0.289 e. The molecule has 1 saturated carbocycles. The highest BCUT2D eigenvalue weighted by Crippen LogP contribution is 2.52. The van der Waals surface area contributed by atoms with Gasteiger partial charge < -0.3 is 9.32 Å². The minimum Gasteiger partial charge on any atom is -0.451 e. The van der Waals surface area contributed by atoms with Crippen LogP contribution < -0.4 is 0 Å². The van der Waals surface area contributed by atoms with E-state index in [4.69, 9.17) is 16.0 Å². The van der Waals surface area contributed by atoms with Gasteiger partial charge in [-0.05, 0) is 42.2 Å². The molecule has 0 N–H and O–H groups in total. The summed E-state index contributed by atoms with van der Waals surface area (Å²) in [4.78, 5) is 14.9. The first-order chi connectivity index (χ1) is 11.6. The van der Waals surface area contributed by atoms with Crippen molar-refractivity contribution in [3.05, 3.63) is 70.4 Å². The van der Waals surface area contributed by atoms with E-state index in [2.05, 4.69) is 18.2 Å². The van der Waals surface area contributed by atoms with Crippen molar-refractivity contribution in [2.45, 2.75) is 24.8 Å². The molecule has 3 nitrogen and oxygen atoms in total. The third-order valence-corrected chi connectivity index (χ3v) is 5.51. The van der Waals surface area contributed by atoms with Gasteiger partial charge in [0.2, 0.25) is 0 Å². The summed E-state index contributed by atoms with van der Waals surface area (Å²) in [6.07, 6.45) is 2.31. The van der Waals surface area contributed by atoms with Crippen molar-refractivity contribution in [2.75, 3.05) is 6.54 Å². The molecule has 1 fully saturated rings. The predicted molar refractivity (Wildman–Crippen MR) is 93.3 cm³/mol. The molecule has 0 unspecified atom stereocenters. The topological polar surface area (TPSA) is 33.5 Å². The van der Waals surface area contributed by atoms with Crippen LogP contribution in [0.15, 0.2) is 52.9 Å². The fraction of sp³-hybridized carbons (Fsp3) is 0.250. The zero-order chi connectivity index (χ0) is 16.3. The van der Waals surface area contributed by atoms with Crippen LogP contribution in [-0.4, -0.2) is 17.4 Å². The molecule has 0 saturated heterocycles. The lowest BCUT2D eigenvalue weighted by Gasteiger charge is -2.34. The van der Waals surface area contributed by atoms with Crippen molar-refractivity contribution in [2.24, 2.45) is 0 Å². The Kier molecular flexibility index (Phi) is 2.86. The number of amides is 1. The Bertz CT molecular complexity index is 971. The Hall–Kier alpha value is -2.26. The molecule has 2 aromatic carbocycles. The van der Waals surface area contributed by atoms with Crippen LogP contribution in [0.5, 0.6) is 0 Å². The van der Waals surface area contributed by atoms with Crippen molar-refractivity contribution in [1.82, 2.24) is 4.90 Å². The number of nitrogens with zero attached hydrogens (tertiary/aromatic N) is 1. The fourth-order valence-electron chi connectivity index (χ4n) is 3.88. The second-order valence-electron chi connectivity index (χ2n) is 6.89. The Morgan fingerprint density at radius 1 is 1.12 bits per heavy atom. The second-order valence-corrected chi connectivity index (χ2v) is 7.33. The van der Waals surface area contributed by atoms with Crippen molar-refractivity contribution < 1.29 is 9.21 Å². The molecule has 4 heteroatoms. The lowest BCUT2D eigenvalue weighted by atomic mass is 9.87. The number of furan rings is 1. The van der Waals surface area contributed by atoms with E-state index >= 15 is 0 Å². The van der Waals surface area contributed by atoms with Crippen molar-refractivity contribution in [3.63, 3.8) is 0 Å². The van der Waals surface area contributed by atoms with Gasteiger partial charge in [0, 0.05) is 35.0 Å². The molecule has 1 aromatic heterocycles. The van der Waals surface area contributed by atoms with E-state index in [-0.39, 0.29) is 11.3 Å².